The molecule has 1 rings (SSSR count). The fourth-order valence-electron chi connectivity index (χ4n) is 1.47. The first-order valence-corrected chi connectivity index (χ1v) is 4.29. The Bertz CT molecular complexity index is 197. The van der Waals surface area contributed by atoms with Crippen molar-refractivity contribution in [3.63, 3.8) is 0 Å². The van der Waals surface area contributed by atoms with Crippen molar-refractivity contribution in [2.75, 3.05) is 0 Å². The van der Waals surface area contributed by atoms with Gasteiger partial charge in [-0.15, -0.1) is 0 Å². The maximum Gasteiger partial charge on any atom is 0.217 e. The first-order chi connectivity index (χ1) is 6.00. The molecule has 0 saturated carbocycles. The van der Waals surface area contributed by atoms with Crippen molar-refractivity contribution < 1.29 is 19.7 Å². The molecule has 1 fully saturated rings. The summed E-state index contributed by atoms with van der Waals surface area (Å²) in [5.41, 5.74) is 0. The van der Waals surface area contributed by atoms with E-state index in [1.807, 2.05) is 0 Å². The summed E-state index contributed by atoms with van der Waals surface area (Å²) in [4.78, 5) is 10.7. The molecule has 0 aliphatic carbocycles. The molecule has 3 N–H and O–H groups in total. The van der Waals surface area contributed by atoms with Gasteiger partial charge < -0.3 is 20.3 Å². The SMILES string of the molecule is CC(=O)N[C@@H]1CC(O)O[C@@H](C)[C@H]1O. The van der Waals surface area contributed by atoms with E-state index in [0.717, 1.165) is 0 Å². The number of aliphatic hydroxyl groups is 2. The maximum atomic E-state index is 10.7. The van der Waals surface area contributed by atoms with Crippen molar-refractivity contribution in [2.24, 2.45) is 0 Å². The van der Waals surface area contributed by atoms with Gasteiger partial charge in [0.2, 0.25) is 5.91 Å². The summed E-state index contributed by atoms with van der Waals surface area (Å²) < 4.78 is 4.96. The van der Waals surface area contributed by atoms with Crippen molar-refractivity contribution in [3.05, 3.63) is 0 Å². The highest BCUT2D eigenvalue weighted by molar-refractivity contribution is 5.73. The summed E-state index contributed by atoms with van der Waals surface area (Å²) in [5, 5.41) is 21.3. The Kier molecular flexibility index (Phi) is 3.24. The molecule has 5 nitrogen and oxygen atoms in total. The molecule has 1 aliphatic heterocycles. The second-order valence-electron chi connectivity index (χ2n) is 3.33. The van der Waals surface area contributed by atoms with Gasteiger partial charge in [-0.05, 0) is 6.92 Å². The lowest BCUT2D eigenvalue weighted by molar-refractivity contribution is -0.202. The monoisotopic (exact) mass is 189 g/mol. The number of amides is 1. The van der Waals surface area contributed by atoms with Gasteiger partial charge >= 0.3 is 0 Å². The Morgan fingerprint density at radius 3 is 2.69 bits per heavy atom. The average Bonchev–Trinajstić information content (AvgIpc) is 1.98. The number of hydrogen-bond acceptors (Lipinski definition) is 4. The Labute approximate surface area is 76.7 Å². The predicted molar refractivity (Wildman–Crippen MR) is 44.8 cm³/mol. The Morgan fingerprint density at radius 1 is 1.54 bits per heavy atom. The van der Waals surface area contributed by atoms with E-state index in [1.54, 1.807) is 6.92 Å². The summed E-state index contributed by atoms with van der Waals surface area (Å²) >= 11 is 0. The highest BCUT2D eigenvalue weighted by Crippen LogP contribution is 2.18. The van der Waals surface area contributed by atoms with E-state index in [1.165, 1.54) is 6.92 Å². The minimum Gasteiger partial charge on any atom is -0.388 e. The van der Waals surface area contributed by atoms with Crippen LogP contribution in [0.2, 0.25) is 0 Å². The van der Waals surface area contributed by atoms with Crippen LogP contribution in [0.15, 0.2) is 0 Å². The molecule has 5 heteroatoms. The number of aliphatic hydroxyl groups excluding tert-OH is 2. The largest absolute Gasteiger partial charge is 0.388 e. The van der Waals surface area contributed by atoms with Crippen molar-refractivity contribution >= 4 is 5.91 Å². The smallest absolute Gasteiger partial charge is 0.217 e. The van der Waals surface area contributed by atoms with E-state index in [2.05, 4.69) is 5.32 Å². The van der Waals surface area contributed by atoms with E-state index < -0.39 is 24.5 Å². The average molecular weight is 189 g/mol. The predicted octanol–water partition coefficient (Wildman–Crippen LogP) is -1.02. The zero-order valence-corrected chi connectivity index (χ0v) is 7.73. The lowest BCUT2D eigenvalue weighted by Crippen LogP contribution is -2.54. The van der Waals surface area contributed by atoms with Crippen LogP contribution in [0, 0.1) is 0 Å². The van der Waals surface area contributed by atoms with Crippen molar-refractivity contribution in [2.45, 2.75) is 44.8 Å². The molecule has 76 valence electrons. The molecule has 1 unspecified atom stereocenters. The Balaban J connectivity index is 2.55. The van der Waals surface area contributed by atoms with Gasteiger partial charge in [0.05, 0.1) is 12.1 Å². The minimum absolute atomic E-state index is 0.217. The van der Waals surface area contributed by atoms with Gasteiger partial charge in [0.25, 0.3) is 0 Å². The highest BCUT2D eigenvalue weighted by Gasteiger charge is 2.34. The molecular formula is C8H15NO4. The number of rotatable bonds is 1. The fourth-order valence-corrected chi connectivity index (χ4v) is 1.47. The summed E-state index contributed by atoms with van der Waals surface area (Å²) in [6, 6.07) is -0.420. The molecule has 0 spiro atoms. The lowest BCUT2D eigenvalue weighted by atomic mass is 10.00. The number of ether oxygens (including phenoxy) is 1. The quantitative estimate of drug-likeness (QED) is 0.493. The molecule has 13 heavy (non-hydrogen) atoms. The number of nitrogens with one attached hydrogen (secondary N) is 1. The van der Waals surface area contributed by atoms with E-state index in [0.29, 0.717) is 0 Å². The number of hydrogen-bond donors (Lipinski definition) is 3. The van der Waals surface area contributed by atoms with Crippen molar-refractivity contribution in [1.29, 1.82) is 0 Å². The molecule has 0 aromatic rings. The van der Waals surface area contributed by atoms with Crippen LogP contribution in [-0.4, -0.2) is 40.7 Å². The molecular weight excluding hydrogens is 174 g/mol. The van der Waals surface area contributed by atoms with Gasteiger partial charge in [-0.25, -0.2) is 0 Å². The fraction of sp³-hybridized carbons (Fsp3) is 0.875. The summed E-state index contributed by atoms with van der Waals surface area (Å²) in [5.74, 6) is -0.217. The Hall–Kier alpha value is -0.650. The summed E-state index contributed by atoms with van der Waals surface area (Å²) in [7, 11) is 0. The molecule has 0 bridgehead atoms. The molecule has 1 saturated heterocycles. The van der Waals surface area contributed by atoms with E-state index in [9.17, 15) is 15.0 Å². The second kappa shape index (κ2) is 4.04. The normalized spacial score (nSPS) is 40.0. The van der Waals surface area contributed by atoms with E-state index >= 15 is 0 Å². The van der Waals surface area contributed by atoms with Crippen LogP contribution < -0.4 is 5.32 Å². The van der Waals surface area contributed by atoms with Gasteiger partial charge in [0, 0.05) is 13.3 Å². The molecule has 4 atom stereocenters. The minimum atomic E-state index is -0.907. The summed E-state index contributed by atoms with van der Waals surface area (Å²) in [6.45, 7) is 3.03. The third-order valence-electron chi connectivity index (χ3n) is 2.11. The topological polar surface area (TPSA) is 78.8 Å². The lowest BCUT2D eigenvalue weighted by Gasteiger charge is -2.35. The highest BCUT2D eigenvalue weighted by atomic mass is 16.6. The Morgan fingerprint density at radius 2 is 2.15 bits per heavy atom. The summed E-state index contributed by atoms with van der Waals surface area (Å²) in [6.07, 6.45) is -1.89. The second-order valence-corrected chi connectivity index (χ2v) is 3.33. The van der Waals surface area contributed by atoms with Gasteiger partial charge in [0.1, 0.15) is 6.10 Å². The van der Waals surface area contributed by atoms with Crippen LogP contribution in [0.3, 0.4) is 0 Å². The van der Waals surface area contributed by atoms with Gasteiger partial charge in [-0.3, -0.25) is 4.79 Å². The van der Waals surface area contributed by atoms with Gasteiger partial charge in [-0.1, -0.05) is 0 Å². The molecule has 1 heterocycles. The van der Waals surface area contributed by atoms with Crippen LogP contribution in [0.25, 0.3) is 0 Å². The van der Waals surface area contributed by atoms with E-state index in [-0.39, 0.29) is 12.3 Å². The standard InChI is InChI=1S/C8H15NO4/c1-4-8(12)6(9-5(2)10)3-7(11)13-4/h4,6-8,11-12H,3H2,1-2H3,(H,9,10)/t4-,6+,7?,8+/m0/s1. The molecule has 0 aromatic carbocycles. The van der Waals surface area contributed by atoms with Crippen LogP contribution in [-0.2, 0) is 9.53 Å². The molecule has 0 aromatic heterocycles. The first-order valence-electron chi connectivity index (χ1n) is 4.29. The van der Waals surface area contributed by atoms with Crippen LogP contribution in [0.1, 0.15) is 20.3 Å². The zero-order chi connectivity index (χ0) is 10.0. The molecule has 1 aliphatic rings. The third kappa shape index (κ3) is 2.65. The van der Waals surface area contributed by atoms with Gasteiger partial charge in [-0.2, -0.15) is 0 Å². The molecule has 0 radical (unpaired) electrons. The van der Waals surface area contributed by atoms with E-state index in [4.69, 9.17) is 4.74 Å². The van der Waals surface area contributed by atoms with Crippen LogP contribution in [0.4, 0.5) is 0 Å². The van der Waals surface area contributed by atoms with Gasteiger partial charge in [0.15, 0.2) is 6.29 Å². The zero-order valence-electron chi connectivity index (χ0n) is 7.73. The van der Waals surface area contributed by atoms with Crippen molar-refractivity contribution in [1.82, 2.24) is 5.32 Å². The van der Waals surface area contributed by atoms with Crippen LogP contribution >= 0.6 is 0 Å². The third-order valence-corrected chi connectivity index (χ3v) is 2.11. The number of carbonyl (C=O) groups excluding carboxylic acids is 1. The van der Waals surface area contributed by atoms with Crippen molar-refractivity contribution in [3.8, 4) is 0 Å². The number of carbonyl (C=O) groups is 1. The molecule has 1 amide bonds. The maximum absolute atomic E-state index is 10.7. The first kappa shape index (κ1) is 10.4. The van der Waals surface area contributed by atoms with Crippen LogP contribution in [0.5, 0.6) is 0 Å².